The van der Waals surface area contributed by atoms with Crippen LogP contribution in [0.5, 0.6) is 0 Å². The van der Waals surface area contributed by atoms with Crippen LogP contribution in [0.2, 0.25) is 0 Å². The minimum absolute atomic E-state index is 0.287. The molecule has 0 radical (unpaired) electrons. The Morgan fingerprint density at radius 2 is 1.80 bits per heavy atom. The zero-order chi connectivity index (χ0) is 18.0. The van der Waals surface area contributed by atoms with Crippen LogP contribution in [0.25, 0.3) is 10.9 Å². The molecule has 2 aliphatic rings. The normalized spacial score (nSPS) is 24.1. The molecule has 1 aliphatic heterocycles. The summed E-state index contributed by atoms with van der Waals surface area (Å²) in [7, 11) is -0.981. The first kappa shape index (κ1) is 16.8. The van der Waals surface area contributed by atoms with E-state index in [4.69, 9.17) is 9.31 Å². The Bertz CT molecular complexity index is 851. The lowest BCUT2D eigenvalue weighted by Crippen LogP contribution is -2.41. The van der Waals surface area contributed by atoms with Gasteiger partial charge in [0.05, 0.1) is 11.2 Å². The number of hydrogen-bond acceptors (Lipinski definition) is 2. The van der Waals surface area contributed by atoms with E-state index in [1.165, 1.54) is 12.1 Å². The predicted molar refractivity (Wildman–Crippen MR) is 94.4 cm³/mol. The molecule has 1 N–H and O–H groups in total. The minimum atomic E-state index is -0.981. The first-order chi connectivity index (χ1) is 11.6. The van der Waals surface area contributed by atoms with Crippen molar-refractivity contribution >= 4 is 18.0 Å². The fourth-order valence-electron chi connectivity index (χ4n) is 3.42. The van der Waals surface area contributed by atoms with Crippen molar-refractivity contribution in [2.75, 3.05) is 0 Å². The van der Waals surface area contributed by atoms with Crippen molar-refractivity contribution in [3.05, 3.63) is 47.6 Å². The van der Waals surface area contributed by atoms with Crippen LogP contribution in [0, 0.1) is 5.82 Å². The van der Waals surface area contributed by atoms with E-state index in [1.54, 1.807) is 12.1 Å². The summed E-state index contributed by atoms with van der Waals surface area (Å²) in [6.07, 6.45) is 5.18. The van der Waals surface area contributed by atoms with Crippen LogP contribution in [-0.2, 0) is 14.7 Å². The topological polar surface area (TPSA) is 34.2 Å². The Morgan fingerprint density at radius 1 is 1.16 bits per heavy atom. The first-order valence-electron chi connectivity index (χ1n) is 8.65. The van der Waals surface area contributed by atoms with Crippen molar-refractivity contribution in [2.24, 2.45) is 0 Å². The Balaban J connectivity index is 1.66. The van der Waals surface area contributed by atoms with E-state index in [0.717, 1.165) is 29.3 Å². The molecule has 6 heteroatoms. The average Bonchev–Trinajstić information content (AvgIpc) is 3.08. The number of rotatable bonds is 3. The number of fused-ring (bicyclic) bond motifs is 1. The molecular weight excluding hydrogens is 323 g/mol. The molecular formula is C19H22BF2NO2. The smallest absolute Gasteiger partial charge is 0.398 e. The van der Waals surface area contributed by atoms with Gasteiger partial charge < -0.3 is 14.3 Å². The number of allylic oxidation sites excluding steroid dienone is 1. The Labute approximate surface area is 146 Å². The number of hydrogen-bond donors (Lipinski definition) is 1. The predicted octanol–water partition coefficient (Wildman–Crippen LogP) is 4.82. The molecule has 1 saturated carbocycles. The number of nitrogens with one attached hydrogen (secondary N) is 1. The maximum Gasteiger partial charge on any atom is 0.524 e. The summed E-state index contributed by atoms with van der Waals surface area (Å²) >= 11 is 0. The standard InChI is InChI=1S/C19H22BF2NO2/c1-17(2)18(3,4)25-20(24-17)16(22)10-19(7-8-19)14-11-23-15-9-12(21)5-6-13(14)15/h5-6,9-11,23H,7-8H2,1-4H3. The third-order valence-electron chi connectivity index (χ3n) is 5.86. The van der Waals surface area contributed by atoms with Crippen LogP contribution in [0.4, 0.5) is 8.78 Å². The fourth-order valence-corrected chi connectivity index (χ4v) is 3.42. The van der Waals surface area contributed by atoms with E-state index in [1.807, 2.05) is 33.9 Å². The number of aromatic amines is 1. The van der Waals surface area contributed by atoms with E-state index in [0.29, 0.717) is 0 Å². The zero-order valence-corrected chi connectivity index (χ0v) is 15.0. The Morgan fingerprint density at radius 3 is 2.40 bits per heavy atom. The summed E-state index contributed by atoms with van der Waals surface area (Å²) in [5.74, 6) is -0.287. The molecule has 3 nitrogen and oxygen atoms in total. The van der Waals surface area contributed by atoms with Gasteiger partial charge in [-0.05, 0) is 70.4 Å². The highest BCUT2D eigenvalue weighted by atomic mass is 19.1. The van der Waals surface area contributed by atoms with Crippen molar-refractivity contribution in [2.45, 2.75) is 57.2 Å². The molecule has 2 fully saturated rings. The van der Waals surface area contributed by atoms with Crippen molar-refractivity contribution in [3.8, 4) is 0 Å². The highest BCUT2D eigenvalue weighted by Crippen LogP contribution is 2.53. The van der Waals surface area contributed by atoms with Crippen LogP contribution >= 0.6 is 0 Å². The van der Waals surface area contributed by atoms with E-state index in [2.05, 4.69) is 4.98 Å². The van der Waals surface area contributed by atoms with Crippen molar-refractivity contribution < 1.29 is 18.1 Å². The van der Waals surface area contributed by atoms with Gasteiger partial charge >= 0.3 is 7.12 Å². The van der Waals surface area contributed by atoms with E-state index < -0.39 is 24.0 Å². The van der Waals surface area contributed by atoms with Gasteiger partial charge in [0.25, 0.3) is 0 Å². The maximum atomic E-state index is 14.9. The number of H-pyrrole nitrogens is 1. The second-order valence-corrected chi connectivity index (χ2v) is 8.17. The van der Waals surface area contributed by atoms with Gasteiger partial charge in [-0.25, -0.2) is 8.78 Å². The molecule has 1 saturated heterocycles. The number of halogens is 2. The molecule has 0 unspecified atom stereocenters. The van der Waals surface area contributed by atoms with Gasteiger partial charge in [-0.3, -0.25) is 0 Å². The Hall–Kier alpha value is -1.66. The highest BCUT2D eigenvalue weighted by molar-refractivity contribution is 6.53. The first-order valence-corrected chi connectivity index (χ1v) is 8.65. The minimum Gasteiger partial charge on any atom is -0.398 e. The summed E-state index contributed by atoms with van der Waals surface area (Å²) in [5.41, 5.74) is -0.188. The third-order valence-corrected chi connectivity index (χ3v) is 5.86. The highest BCUT2D eigenvalue weighted by Gasteiger charge is 2.54. The van der Waals surface area contributed by atoms with Crippen molar-refractivity contribution in [1.82, 2.24) is 4.98 Å². The largest absolute Gasteiger partial charge is 0.524 e. The van der Waals surface area contributed by atoms with Crippen molar-refractivity contribution in [1.29, 1.82) is 0 Å². The van der Waals surface area contributed by atoms with Crippen LogP contribution in [0.1, 0.15) is 46.1 Å². The van der Waals surface area contributed by atoms with Gasteiger partial charge in [0, 0.05) is 22.5 Å². The summed E-state index contributed by atoms with van der Waals surface area (Å²) in [4.78, 5) is 3.09. The van der Waals surface area contributed by atoms with Gasteiger partial charge in [-0.2, -0.15) is 0 Å². The molecule has 1 aromatic carbocycles. The van der Waals surface area contributed by atoms with E-state index in [-0.39, 0.29) is 11.2 Å². The van der Waals surface area contributed by atoms with Crippen LogP contribution in [-0.4, -0.2) is 23.3 Å². The average molecular weight is 345 g/mol. The molecule has 0 amide bonds. The number of benzene rings is 1. The third kappa shape index (κ3) is 2.63. The van der Waals surface area contributed by atoms with Crippen LogP contribution in [0.15, 0.2) is 36.2 Å². The van der Waals surface area contributed by atoms with Gasteiger partial charge in [-0.15, -0.1) is 0 Å². The molecule has 0 spiro atoms. The van der Waals surface area contributed by atoms with Gasteiger partial charge in [-0.1, -0.05) is 0 Å². The Kier molecular flexibility index (Phi) is 3.48. The second-order valence-electron chi connectivity index (χ2n) is 8.17. The molecule has 132 valence electrons. The lowest BCUT2D eigenvalue weighted by Gasteiger charge is -2.32. The second kappa shape index (κ2) is 5.18. The summed E-state index contributed by atoms with van der Waals surface area (Å²) in [5, 5.41) is 0.928. The number of aromatic nitrogens is 1. The van der Waals surface area contributed by atoms with E-state index in [9.17, 15) is 8.78 Å². The van der Waals surface area contributed by atoms with Crippen molar-refractivity contribution in [3.63, 3.8) is 0 Å². The van der Waals surface area contributed by atoms with Crippen LogP contribution in [0.3, 0.4) is 0 Å². The molecule has 2 aromatic rings. The molecule has 0 atom stereocenters. The summed E-state index contributed by atoms with van der Waals surface area (Å²) in [6.45, 7) is 7.62. The van der Waals surface area contributed by atoms with E-state index >= 15 is 0 Å². The van der Waals surface area contributed by atoms with Gasteiger partial charge in [0.2, 0.25) is 0 Å². The monoisotopic (exact) mass is 345 g/mol. The van der Waals surface area contributed by atoms with Gasteiger partial charge in [0.1, 0.15) is 11.5 Å². The lowest BCUT2D eigenvalue weighted by atomic mass is 9.83. The molecule has 4 rings (SSSR count). The zero-order valence-electron chi connectivity index (χ0n) is 15.0. The van der Waals surface area contributed by atoms with Gasteiger partial charge in [0.15, 0.2) is 0 Å². The molecule has 25 heavy (non-hydrogen) atoms. The molecule has 1 aliphatic carbocycles. The fraction of sp³-hybridized carbons (Fsp3) is 0.474. The molecule has 2 heterocycles. The quantitative estimate of drug-likeness (QED) is 0.809. The molecule has 1 aromatic heterocycles. The summed E-state index contributed by atoms with van der Waals surface area (Å²) in [6, 6.07) is 4.64. The lowest BCUT2D eigenvalue weighted by molar-refractivity contribution is 0.00578. The SMILES string of the molecule is CC1(C)OB(C(F)=CC2(c3c[nH]c4cc(F)ccc34)CC2)OC1(C)C. The maximum absolute atomic E-state index is 14.9. The van der Waals surface area contributed by atoms with Crippen LogP contribution < -0.4 is 0 Å². The summed E-state index contributed by atoms with van der Waals surface area (Å²) < 4.78 is 39.9. The molecule has 0 bridgehead atoms.